The molecule has 0 amide bonds. The van der Waals surface area contributed by atoms with E-state index in [4.69, 9.17) is 0 Å². The number of aliphatic hydroxyl groups excluding tert-OH is 1. The van der Waals surface area contributed by atoms with Crippen molar-refractivity contribution < 1.29 is 5.11 Å². The summed E-state index contributed by atoms with van der Waals surface area (Å²) in [6.45, 7) is 12.2. The Morgan fingerprint density at radius 2 is 1.85 bits per heavy atom. The van der Waals surface area contributed by atoms with Crippen molar-refractivity contribution >= 4 is 0 Å². The van der Waals surface area contributed by atoms with E-state index in [0.29, 0.717) is 0 Å². The summed E-state index contributed by atoms with van der Waals surface area (Å²) >= 11 is 0. The minimum Gasteiger partial charge on any atom is -0.384 e. The summed E-state index contributed by atoms with van der Waals surface area (Å²) in [6.07, 6.45) is 3.49. The van der Waals surface area contributed by atoms with Gasteiger partial charge in [-0.15, -0.1) is 0 Å². The minimum absolute atomic E-state index is 0.0118. The second-order valence-corrected chi connectivity index (χ2v) is 4.72. The van der Waals surface area contributed by atoms with Gasteiger partial charge in [0.05, 0.1) is 0 Å². The van der Waals surface area contributed by atoms with Crippen LogP contribution in [0.1, 0.15) is 27.7 Å². The fourth-order valence-electron chi connectivity index (χ4n) is 1.56. The van der Waals surface area contributed by atoms with E-state index >= 15 is 0 Å². The van der Waals surface area contributed by atoms with Gasteiger partial charge in [0.25, 0.3) is 0 Å². The molecule has 0 fully saturated rings. The molecule has 1 N–H and O–H groups in total. The molecule has 0 aromatic rings. The minimum atomic E-state index is -0.497. The summed E-state index contributed by atoms with van der Waals surface area (Å²) in [5.41, 5.74) is 3.03. The number of rotatable bonds is 0. The van der Waals surface area contributed by atoms with E-state index in [-0.39, 0.29) is 5.41 Å². The highest BCUT2D eigenvalue weighted by Crippen LogP contribution is 2.34. The molecule has 1 aliphatic carbocycles. The second-order valence-electron chi connectivity index (χ2n) is 4.72. The van der Waals surface area contributed by atoms with E-state index in [1.54, 1.807) is 0 Å². The highest BCUT2D eigenvalue weighted by atomic mass is 16.3. The number of aliphatic hydroxyl groups is 1. The lowest BCUT2D eigenvalue weighted by atomic mass is 9.78. The molecule has 1 aliphatic rings. The van der Waals surface area contributed by atoms with E-state index in [9.17, 15) is 5.11 Å². The van der Waals surface area contributed by atoms with Crippen LogP contribution in [0.4, 0.5) is 0 Å². The van der Waals surface area contributed by atoms with Crippen LogP contribution in [-0.2, 0) is 0 Å². The van der Waals surface area contributed by atoms with Gasteiger partial charge in [-0.2, -0.15) is 0 Å². The molecule has 1 heteroatoms. The van der Waals surface area contributed by atoms with Crippen LogP contribution < -0.4 is 0 Å². The lowest BCUT2D eigenvalue weighted by Gasteiger charge is -2.30. The Hall–Kier alpha value is -0.820. The van der Waals surface area contributed by atoms with Gasteiger partial charge in [0, 0.05) is 0 Å². The number of hydrogen-bond acceptors (Lipinski definition) is 1. The van der Waals surface area contributed by atoms with Crippen molar-refractivity contribution in [2.75, 3.05) is 0 Å². The number of allylic oxidation sites excluding steroid dienone is 2. The maximum Gasteiger partial charge on any atom is 0.100 e. The van der Waals surface area contributed by atoms with Gasteiger partial charge in [-0.25, -0.2) is 0 Å². The molecule has 1 nitrogen and oxygen atoms in total. The van der Waals surface area contributed by atoms with Crippen LogP contribution in [0, 0.1) is 5.41 Å². The Kier molecular flexibility index (Phi) is 2.49. The summed E-state index contributed by atoms with van der Waals surface area (Å²) in [7, 11) is 0. The molecule has 0 saturated heterocycles. The van der Waals surface area contributed by atoms with E-state index in [1.807, 2.05) is 13.0 Å². The molecule has 0 aliphatic heterocycles. The van der Waals surface area contributed by atoms with Gasteiger partial charge < -0.3 is 5.11 Å². The maximum absolute atomic E-state index is 9.88. The van der Waals surface area contributed by atoms with Gasteiger partial charge in [-0.05, 0) is 23.5 Å². The van der Waals surface area contributed by atoms with E-state index in [2.05, 4.69) is 33.4 Å². The zero-order valence-electron chi connectivity index (χ0n) is 8.89. The highest BCUT2D eigenvalue weighted by Gasteiger charge is 2.26. The Labute approximate surface area is 80.5 Å². The van der Waals surface area contributed by atoms with Crippen molar-refractivity contribution in [3.63, 3.8) is 0 Å². The lowest BCUT2D eigenvalue weighted by molar-refractivity contribution is 0.220. The Balaban J connectivity index is 3.10. The molecule has 13 heavy (non-hydrogen) atoms. The SMILES string of the molecule is C=C1C=C(C)C=C(C(C)(C)C)C1O. The first-order valence-corrected chi connectivity index (χ1v) is 4.59. The standard InChI is InChI=1S/C12H18O/c1-8-6-9(2)11(13)10(7-8)12(3,4)5/h6-7,11,13H,2H2,1,3-5H3. The first-order valence-electron chi connectivity index (χ1n) is 4.59. The molecular formula is C12H18O. The summed E-state index contributed by atoms with van der Waals surface area (Å²) in [6, 6.07) is 0. The zero-order valence-corrected chi connectivity index (χ0v) is 8.89. The highest BCUT2D eigenvalue weighted by molar-refractivity contribution is 5.44. The average molecular weight is 178 g/mol. The van der Waals surface area contributed by atoms with Crippen LogP contribution in [0.3, 0.4) is 0 Å². The Bertz CT molecular complexity index is 287. The third-order valence-electron chi connectivity index (χ3n) is 2.31. The molecule has 1 unspecified atom stereocenters. The molecule has 0 spiro atoms. The summed E-state index contributed by atoms with van der Waals surface area (Å²) in [4.78, 5) is 0. The quantitative estimate of drug-likeness (QED) is 0.604. The normalized spacial score (nSPS) is 24.1. The fraction of sp³-hybridized carbons (Fsp3) is 0.500. The monoisotopic (exact) mass is 178 g/mol. The van der Waals surface area contributed by atoms with Crippen LogP contribution in [0.25, 0.3) is 0 Å². The van der Waals surface area contributed by atoms with E-state index in [0.717, 1.165) is 11.1 Å². The molecule has 1 rings (SSSR count). The molecule has 0 aromatic heterocycles. The lowest BCUT2D eigenvalue weighted by Crippen LogP contribution is -2.25. The van der Waals surface area contributed by atoms with Gasteiger partial charge in [0.2, 0.25) is 0 Å². The number of hydrogen-bond donors (Lipinski definition) is 1. The molecule has 0 aromatic carbocycles. The van der Waals surface area contributed by atoms with Crippen LogP contribution in [-0.4, -0.2) is 11.2 Å². The van der Waals surface area contributed by atoms with Gasteiger partial charge in [-0.1, -0.05) is 45.1 Å². The van der Waals surface area contributed by atoms with Crippen molar-refractivity contribution in [1.29, 1.82) is 0 Å². The van der Waals surface area contributed by atoms with Crippen LogP contribution in [0.2, 0.25) is 0 Å². The summed E-state index contributed by atoms with van der Waals surface area (Å²) < 4.78 is 0. The van der Waals surface area contributed by atoms with E-state index in [1.165, 1.54) is 5.57 Å². The first kappa shape index (κ1) is 10.3. The predicted molar refractivity (Wildman–Crippen MR) is 56.4 cm³/mol. The Morgan fingerprint density at radius 3 is 2.31 bits per heavy atom. The zero-order chi connectivity index (χ0) is 10.2. The molecular weight excluding hydrogens is 160 g/mol. The van der Waals surface area contributed by atoms with Gasteiger partial charge in [0.15, 0.2) is 0 Å². The first-order chi connectivity index (χ1) is 5.82. The van der Waals surface area contributed by atoms with Gasteiger partial charge in [0.1, 0.15) is 6.10 Å². The molecule has 1 atom stereocenters. The summed E-state index contributed by atoms with van der Waals surface area (Å²) in [5.74, 6) is 0. The predicted octanol–water partition coefficient (Wildman–Crippen LogP) is 2.84. The van der Waals surface area contributed by atoms with Crippen LogP contribution in [0.15, 0.2) is 35.5 Å². The largest absolute Gasteiger partial charge is 0.384 e. The third-order valence-corrected chi connectivity index (χ3v) is 2.31. The molecule has 0 saturated carbocycles. The molecule has 0 radical (unpaired) electrons. The fourth-order valence-corrected chi connectivity index (χ4v) is 1.56. The van der Waals surface area contributed by atoms with Crippen molar-refractivity contribution in [1.82, 2.24) is 0 Å². The van der Waals surface area contributed by atoms with Crippen molar-refractivity contribution in [2.45, 2.75) is 33.8 Å². The molecule has 0 heterocycles. The van der Waals surface area contributed by atoms with Crippen LogP contribution >= 0.6 is 0 Å². The second kappa shape index (κ2) is 3.15. The molecule has 72 valence electrons. The van der Waals surface area contributed by atoms with Crippen molar-refractivity contribution in [3.05, 3.63) is 35.5 Å². The van der Waals surface area contributed by atoms with Gasteiger partial charge >= 0.3 is 0 Å². The van der Waals surface area contributed by atoms with Gasteiger partial charge in [-0.3, -0.25) is 0 Å². The molecule has 0 bridgehead atoms. The van der Waals surface area contributed by atoms with Crippen molar-refractivity contribution in [2.24, 2.45) is 5.41 Å². The topological polar surface area (TPSA) is 20.2 Å². The van der Waals surface area contributed by atoms with Crippen molar-refractivity contribution in [3.8, 4) is 0 Å². The smallest absolute Gasteiger partial charge is 0.100 e. The third kappa shape index (κ3) is 2.10. The van der Waals surface area contributed by atoms with E-state index < -0.39 is 6.10 Å². The van der Waals surface area contributed by atoms with Crippen LogP contribution in [0.5, 0.6) is 0 Å². The Morgan fingerprint density at radius 1 is 1.31 bits per heavy atom. The summed E-state index contributed by atoms with van der Waals surface area (Å²) in [5, 5.41) is 9.88. The maximum atomic E-state index is 9.88. The average Bonchev–Trinajstić information content (AvgIpc) is 1.94.